The molecule has 0 N–H and O–H groups in total. The summed E-state index contributed by atoms with van der Waals surface area (Å²) in [6.45, 7) is 17.7. The summed E-state index contributed by atoms with van der Waals surface area (Å²) < 4.78 is 6.46. The average Bonchev–Trinajstić information content (AvgIpc) is 2.13. The molecule has 0 aromatic carbocycles. The maximum atomic E-state index is 10.6. The molecule has 3 heteroatoms. The van der Waals surface area contributed by atoms with Gasteiger partial charge in [-0.25, -0.2) is 0 Å². The summed E-state index contributed by atoms with van der Waals surface area (Å²) >= 11 is 0. The fourth-order valence-electron chi connectivity index (χ4n) is 1.81. The smallest absolute Gasteiger partial charge is 0.192 e. The van der Waals surface area contributed by atoms with Gasteiger partial charge in [-0.2, -0.15) is 0 Å². The molecule has 0 heterocycles. The molecule has 0 rings (SSSR count). The van der Waals surface area contributed by atoms with Crippen LogP contribution >= 0.6 is 0 Å². The summed E-state index contributed by atoms with van der Waals surface area (Å²) in [5, 5.41) is 0.250. The molecule has 0 bridgehead atoms. The van der Waals surface area contributed by atoms with Crippen LogP contribution < -0.4 is 0 Å². The van der Waals surface area contributed by atoms with Crippen LogP contribution in [0.4, 0.5) is 0 Å². The van der Waals surface area contributed by atoms with E-state index >= 15 is 0 Å². The lowest BCUT2D eigenvalue weighted by Crippen LogP contribution is -2.47. The molecular formula is C15H32O2Si. The highest BCUT2D eigenvalue weighted by molar-refractivity contribution is 6.74. The normalized spacial score (nSPS) is 15.6. The van der Waals surface area contributed by atoms with Crippen LogP contribution in [0.1, 0.15) is 60.8 Å². The molecule has 0 fully saturated rings. The Morgan fingerprint density at radius 2 is 1.67 bits per heavy atom. The van der Waals surface area contributed by atoms with Gasteiger partial charge >= 0.3 is 0 Å². The van der Waals surface area contributed by atoms with E-state index in [0.29, 0.717) is 0 Å². The maximum Gasteiger partial charge on any atom is 0.192 e. The second-order valence-electron chi connectivity index (χ2n) is 7.63. The van der Waals surface area contributed by atoms with Crippen molar-refractivity contribution in [2.24, 2.45) is 5.92 Å². The Balaban J connectivity index is 4.35. The molecule has 0 aromatic heterocycles. The Kier molecular flexibility index (Phi) is 6.28. The van der Waals surface area contributed by atoms with Crippen molar-refractivity contribution < 1.29 is 9.22 Å². The number of hydrogen-bond donors (Lipinski definition) is 0. The first-order chi connectivity index (χ1) is 7.91. The predicted octanol–water partition coefficient (Wildman–Crippen LogP) is 4.79. The van der Waals surface area contributed by atoms with Crippen LogP contribution in [0.15, 0.2) is 0 Å². The molecule has 2 nitrogen and oxygen atoms in total. The number of carbonyl (C=O) groups is 1. The molecule has 0 unspecified atom stereocenters. The fourth-order valence-corrected chi connectivity index (χ4v) is 3.60. The summed E-state index contributed by atoms with van der Waals surface area (Å²) in [5.74, 6) is 0.175. The molecule has 108 valence electrons. The monoisotopic (exact) mass is 272 g/mol. The quantitative estimate of drug-likeness (QED) is 0.492. The summed E-state index contributed by atoms with van der Waals surface area (Å²) in [6.07, 6.45) is 4.09. The maximum absolute atomic E-state index is 10.6. The first kappa shape index (κ1) is 17.8. The Labute approximate surface area is 115 Å². The van der Waals surface area contributed by atoms with Crippen molar-refractivity contribution in [3.63, 3.8) is 0 Å². The number of aldehydes is 1. The van der Waals surface area contributed by atoms with Crippen molar-refractivity contribution in [3.8, 4) is 0 Å². The molecule has 1 atom stereocenters. The highest BCUT2D eigenvalue weighted by atomic mass is 28.4. The van der Waals surface area contributed by atoms with E-state index in [1.807, 2.05) is 6.92 Å². The molecule has 0 aromatic rings. The molecule has 0 saturated heterocycles. The summed E-state index contributed by atoms with van der Waals surface area (Å²) in [5.41, 5.74) is -0.0778. The van der Waals surface area contributed by atoms with E-state index in [1.165, 1.54) is 0 Å². The topological polar surface area (TPSA) is 26.3 Å². The average molecular weight is 273 g/mol. The van der Waals surface area contributed by atoms with E-state index in [-0.39, 0.29) is 16.6 Å². The molecule has 0 aliphatic carbocycles. The first-order valence-electron chi connectivity index (χ1n) is 7.07. The number of hydrogen-bond acceptors (Lipinski definition) is 2. The van der Waals surface area contributed by atoms with Gasteiger partial charge in [0.2, 0.25) is 0 Å². The van der Waals surface area contributed by atoms with Crippen molar-refractivity contribution in [1.29, 1.82) is 0 Å². The van der Waals surface area contributed by atoms with Crippen molar-refractivity contribution in [2.75, 3.05) is 0 Å². The summed E-state index contributed by atoms with van der Waals surface area (Å²) in [6, 6.07) is 0. The van der Waals surface area contributed by atoms with Gasteiger partial charge in [0.05, 0.1) is 5.60 Å². The van der Waals surface area contributed by atoms with Gasteiger partial charge in [0.1, 0.15) is 6.29 Å². The van der Waals surface area contributed by atoms with E-state index in [2.05, 4.69) is 47.7 Å². The molecule has 0 aliphatic heterocycles. The lowest BCUT2D eigenvalue weighted by molar-refractivity contribution is -0.110. The second kappa shape index (κ2) is 6.33. The minimum atomic E-state index is -1.70. The van der Waals surface area contributed by atoms with Gasteiger partial charge in [0.15, 0.2) is 8.32 Å². The van der Waals surface area contributed by atoms with Gasteiger partial charge in [0, 0.05) is 5.92 Å². The Bertz CT molecular complexity index is 264. The third kappa shape index (κ3) is 6.14. The molecule has 0 spiro atoms. The zero-order chi connectivity index (χ0) is 14.6. The van der Waals surface area contributed by atoms with E-state index in [4.69, 9.17) is 4.43 Å². The van der Waals surface area contributed by atoms with Crippen LogP contribution in [0.25, 0.3) is 0 Å². The molecule has 0 radical (unpaired) electrons. The van der Waals surface area contributed by atoms with E-state index < -0.39 is 8.32 Å². The molecule has 0 amide bonds. The fraction of sp³-hybridized carbons (Fsp3) is 0.933. The van der Waals surface area contributed by atoms with Crippen molar-refractivity contribution in [1.82, 2.24) is 0 Å². The third-order valence-electron chi connectivity index (χ3n) is 4.01. The van der Waals surface area contributed by atoms with Crippen LogP contribution in [-0.2, 0) is 9.22 Å². The van der Waals surface area contributed by atoms with Gasteiger partial charge in [-0.1, -0.05) is 27.7 Å². The van der Waals surface area contributed by atoms with Crippen LogP contribution in [0, 0.1) is 5.92 Å². The zero-order valence-corrected chi connectivity index (χ0v) is 14.6. The van der Waals surface area contributed by atoms with Crippen molar-refractivity contribution in [2.45, 2.75) is 84.5 Å². The third-order valence-corrected chi connectivity index (χ3v) is 8.68. The zero-order valence-electron chi connectivity index (χ0n) is 13.6. The Morgan fingerprint density at radius 3 is 2.06 bits per heavy atom. The van der Waals surface area contributed by atoms with Crippen LogP contribution in [0.3, 0.4) is 0 Å². The predicted molar refractivity (Wildman–Crippen MR) is 81.4 cm³/mol. The highest BCUT2D eigenvalue weighted by Crippen LogP contribution is 2.40. The van der Waals surface area contributed by atoms with Crippen LogP contribution in [0.2, 0.25) is 18.1 Å². The van der Waals surface area contributed by atoms with E-state index in [1.54, 1.807) is 0 Å². The highest BCUT2D eigenvalue weighted by Gasteiger charge is 2.41. The van der Waals surface area contributed by atoms with Crippen molar-refractivity contribution in [3.05, 3.63) is 0 Å². The summed E-state index contributed by atoms with van der Waals surface area (Å²) in [7, 11) is -1.70. The molecule has 0 saturated carbocycles. The van der Waals surface area contributed by atoms with E-state index in [9.17, 15) is 4.79 Å². The standard InChI is InChI=1S/C15H32O2Si/c1-13(12-16)10-9-11-15(5,6)17-18(7,8)14(2,3)4/h12-13H,9-11H2,1-8H3/t13-/m0/s1. The SMILES string of the molecule is C[C@H](C=O)CCCC(C)(C)O[Si](C)(C)C(C)(C)C. The van der Waals surface area contributed by atoms with Crippen molar-refractivity contribution >= 4 is 14.6 Å². The van der Waals surface area contributed by atoms with Gasteiger partial charge in [-0.05, 0) is 51.2 Å². The van der Waals surface area contributed by atoms with Crippen LogP contribution in [-0.4, -0.2) is 20.2 Å². The Hall–Kier alpha value is -0.153. The van der Waals surface area contributed by atoms with E-state index in [0.717, 1.165) is 25.5 Å². The number of carbonyl (C=O) groups excluding carboxylic acids is 1. The second-order valence-corrected chi connectivity index (χ2v) is 12.4. The molecule has 0 aliphatic rings. The van der Waals surface area contributed by atoms with Gasteiger partial charge in [-0.3, -0.25) is 0 Å². The van der Waals surface area contributed by atoms with Crippen LogP contribution in [0.5, 0.6) is 0 Å². The Morgan fingerprint density at radius 1 is 1.17 bits per heavy atom. The van der Waals surface area contributed by atoms with Gasteiger partial charge < -0.3 is 9.22 Å². The minimum Gasteiger partial charge on any atom is -0.412 e. The molecule has 18 heavy (non-hydrogen) atoms. The number of rotatable bonds is 7. The largest absolute Gasteiger partial charge is 0.412 e. The first-order valence-corrected chi connectivity index (χ1v) is 9.97. The summed E-state index contributed by atoms with van der Waals surface area (Å²) in [4.78, 5) is 10.6. The lowest BCUT2D eigenvalue weighted by atomic mass is 9.98. The van der Waals surface area contributed by atoms with Gasteiger partial charge in [-0.15, -0.1) is 0 Å². The lowest BCUT2D eigenvalue weighted by Gasteiger charge is -2.43. The minimum absolute atomic E-state index is 0.0778. The molecular weight excluding hydrogens is 240 g/mol. The van der Waals surface area contributed by atoms with Gasteiger partial charge in [0.25, 0.3) is 0 Å².